The van der Waals surface area contributed by atoms with Gasteiger partial charge in [0.05, 0.1) is 11.4 Å². The molecule has 3 heterocycles. The summed E-state index contributed by atoms with van der Waals surface area (Å²) in [5.41, 5.74) is 8.01. The molecule has 1 aliphatic rings. The van der Waals surface area contributed by atoms with Crippen molar-refractivity contribution in [3.05, 3.63) is 24.7 Å². The van der Waals surface area contributed by atoms with Crippen LogP contribution in [0, 0.1) is 0 Å². The normalized spacial score (nSPS) is 19.3. The Balaban J connectivity index is 1.97. The molecule has 0 unspecified atom stereocenters. The van der Waals surface area contributed by atoms with Crippen LogP contribution in [0.15, 0.2) is 24.7 Å². The summed E-state index contributed by atoms with van der Waals surface area (Å²) in [6.45, 7) is 0.665. The Hall–Kier alpha value is -1.85. The van der Waals surface area contributed by atoms with Crippen LogP contribution in [-0.4, -0.2) is 28.4 Å². The monoisotopic (exact) mass is 252 g/mol. The van der Waals surface area contributed by atoms with E-state index in [4.69, 9.17) is 5.73 Å². The van der Waals surface area contributed by atoms with Crippen LogP contribution in [0.25, 0.3) is 5.65 Å². The van der Waals surface area contributed by atoms with Crippen molar-refractivity contribution in [2.24, 2.45) is 0 Å². The van der Waals surface area contributed by atoms with Gasteiger partial charge in [-0.25, -0.2) is 13.8 Å². The number of aromatic nitrogens is 2. The number of hydrogen-bond donors (Lipinski definition) is 1. The van der Waals surface area contributed by atoms with Crippen molar-refractivity contribution in [1.29, 1.82) is 0 Å². The number of hydrogen-bond acceptors (Lipinski definition) is 3. The number of fused-ring (bicyclic) bond motifs is 1. The number of anilines is 2. The van der Waals surface area contributed by atoms with E-state index in [1.165, 1.54) is 0 Å². The van der Waals surface area contributed by atoms with Crippen molar-refractivity contribution in [3.63, 3.8) is 0 Å². The van der Waals surface area contributed by atoms with Gasteiger partial charge in [0.1, 0.15) is 0 Å². The van der Waals surface area contributed by atoms with Gasteiger partial charge in [-0.3, -0.25) is 0 Å². The van der Waals surface area contributed by atoms with Gasteiger partial charge < -0.3 is 15.0 Å². The molecule has 18 heavy (non-hydrogen) atoms. The Bertz CT molecular complexity index is 568. The van der Waals surface area contributed by atoms with Crippen LogP contribution in [0.5, 0.6) is 0 Å². The van der Waals surface area contributed by atoms with Crippen molar-refractivity contribution >= 4 is 17.0 Å². The summed E-state index contributed by atoms with van der Waals surface area (Å²) in [6.07, 6.45) is 5.01. The Morgan fingerprint density at radius 2 is 2.00 bits per heavy atom. The van der Waals surface area contributed by atoms with Crippen LogP contribution >= 0.6 is 0 Å². The predicted molar refractivity (Wildman–Crippen MR) is 66.0 cm³/mol. The van der Waals surface area contributed by atoms with Crippen molar-refractivity contribution in [1.82, 2.24) is 9.38 Å². The molecule has 0 spiro atoms. The molecule has 96 valence electrons. The van der Waals surface area contributed by atoms with Gasteiger partial charge in [0, 0.05) is 44.5 Å². The first-order valence-electron chi connectivity index (χ1n) is 5.90. The van der Waals surface area contributed by atoms with Gasteiger partial charge in [-0.2, -0.15) is 0 Å². The molecule has 1 aliphatic heterocycles. The first-order chi connectivity index (χ1) is 8.55. The van der Waals surface area contributed by atoms with E-state index in [2.05, 4.69) is 4.98 Å². The number of piperidine rings is 1. The zero-order valence-corrected chi connectivity index (χ0v) is 9.81. The van der Waals surface area contributed by atoms with Crippen LogP contribution in [0.2, 0.25) is 0 Å². The molecule has 2 aromatic heterocycles. The minimum atomic E-state index is -2.54. The highest BCUT2D eigenvalue weighted by Gasteiger charge is 2.34. The standard InChI is InChI=1S/C12H14F2N4/c13-12(14)1-4-17(5-2-12)10-7-9(15)8-18-6-3-16-11(10)18/h3,6-8H,1-2,4-5,15H2. The molecule has 6 heteroatoms. The molecule has 0 aliphatic carbocycles. The van der Waals surface area contributed by atoms with Gasteiger partial charge in [-0.1, -0.05) is 0 Å². The number of alkyl halides is 2. The molecule has 0 amide bonds. The van der Waals surface area contributed by atoms with Crippen LogP contribution < -0.4 is 10.6 Å². The predicted octanol–water partition coefficient (Wildman–Crippen LogP) is 2.15. The van der Waals surface area contributed by atoms with E-state index in [1.54, 1.807) is 24.7 Å². The molecular formula is C12H14F2N4. The number of imidazole rings is 1. The SMILES string of the molecule is Nc1cc(N2CCC(F)(F)CC2)c2nccn2c1. The second-order valence-corrected chi connectivity index (χ2v) is 4.66. The molecule has 0 atom stereocenters. The summed E-state index contributed by atoms with van der Waals surface area (Å²) in [5, 5.41) is 0. The van der Waals surface area contributed by atoms with Crippen LogP contribution in [0.1, 0.15) is 12.8 Å². The molecule has 0 saturated carbocycles. The minimum absolute atomic E-state index is 0.116. The second kappa shape index (κ2) is 3.83. The van der Waals surface area contributed by atoms with Crippen molar-refractivity contribution < 1.29 is 8.78 Å². The van der Waals surface area contributed by atoms with E-state index < -0.39 is 5.92 Å². The van der Waals surface area contributed by atoms with E-state index in [1.807, 2.05) is 9.30 Å². The third-order valence-electron chi connectivity index (χ3n) is 3.32. The first kappa shape index (κ1) is 11.3. The lowest BCUT2D eigenvalue weighted by molar-refractivity contribution is -0.0220. The topological polar surface area (TPSA) is 46.6 Å². The maximum atomic E-state index is 13.2. The summed E-state index contributed by atoms with van der Waals surface area (Å²) in [7, 11) is 0. The molecule has 1 saturated heterocycles. The molecular weight excluding hydrogens is 238 g/mol. The van der Waals surface area contributed by atoms with Gasteiger partial charge in [0.25, 0.3) is 5.92 Å². The maximum absolute atomic E-state index is 13.2. The highest BCUT2D eigenvalue weighted by Crippen LogP contribution is 2.32. The molecule has 0 aromatic carbocycles. The Morgan fingerprint density at radius 3 is 2.72 bits per heavy atom. The minimum Gasteiger partial charge on any atom is -0.397 e. The zero-order chi connectivity index (χ0) is 12.8. The largest absolute Gasteiger partial charge is 0.397 e. The number of nitrogen functional groups attached to an aromatic ring is 1. The number of nitrogens with two attached hydrogens (primary N) is 1. The van der Waals surface area contributed by atoms with E-state index in [9.17, 15) is 8.78 Å². The lowest BCUT2D eigenvalue weighted by atomic mass is 10.1. The van der Waals surface area contributed by atoms with Crippen LogP contribution in [0.4, 0.5) is 20.2 Å². The Kier molecular flexibility index (Phi) is 2.39. The molecule has 2 aromatic rings. The molecule has 3 rings (SSSR count). The summed E-state index contributed by atoms with van der Waals surface area (Å²) in [5.74, 6) is -2.54. The fourth-order valence-electron chi connectivity index (χ4n) is 2.34. The van der Waals surface area contributed by atoms with E-state index >= 15 is 0 Å². The first-order valence-corrected chi connectivity index (χ1v) is 5.90. The second-order valence-electron chi connectivity index (χ2n) is 4.66. The van der Waals surface area contributed by atoms with Gasteiger partial charge in [-0.05, 0) is 6.07 Å². The van der Waals surface area contributed by atoms with E-state index in [-0.39, 0.29) is 12.8 Å². The maximum Gasteiger partial charge on any atom is 0.251 e. The average molecular weight is 252 g/mol. The van der Waals surface area contributed by atoms with Crippen molar-refractivity contribution in [2.45, 2.75) is 18.8 Å². The lowest BCUT2D eigenvalue weighted by Gasteiger charge is -2.33. The van der Waals surface area contributed by atoms with E-state index in [0.717, 1.165) is 11.3 Å². The fraction of sp³-hybridized carbons (Fsp3) is 0.417. The smallest absolute Gasteiger partial charge is 0.251 e. The summed E-state index contributed by atoms with van der Waals surface area (Å²) in [4.78, 5) is 6.18. The van der Waals surface area contributed by atoms with Gasteiger partial charge in [0.2, 0.25) is 0 Å². The highest BCUT2D eigenvalue weighted by atomic mass is 19.3. The Morgan fingerprint density at radius 1 is 1.28 bits per heavy atom. The molecule has 0 bridgehead atoms. The summed E-state index contributed by atoms with van der Waals surface area (Å²) < 4.78 is 28.1. The number of nitrogens with zero attached hydrogens (tertiary/aromatic N) is 3. The van der Waals surface area contributed by atoms with Gasteiger partial charge in [0.15, 0.2) is 5.65 Å². The zero-order valence-electron chi connectivity index (χ0n) is 9.81. The average Bonchev–Trinajstić information content (AvgIpc) is 2.76. The number of pyridine rings is 1. The molecule has 2 N–H and O–H groups in total. The third kappa shape index (κ3) is 1.87. The van der Waals surface area contributed by atoms with Gasteiger partial charge in [-0.15, -0.1) is 0 Å². The van der Waals surface area contributed by atoms with Crippen LogP contribution in [-0.2, 0) is 0 Å². The fourth-order valence-corrected chi connectivity index (χ4v) is 2.34. The molecule has 0 radical (unpaired) electrons. The third-order valence-corrected chi connectivity index (χ3v) is 3.32. The summed E-state index contributed by atoms with van der Waals surface area (Å²) in [6, 6.07) is 1.80. The van der Waals surface area contributed by atoms with Crippen LogP contribution in [0.3, 0.4) is 0 Å². The van der Waals surface area contributed by atoms with Crippen molar-refractivity contribution in [2.75, 3.05) is 23.7 Å². The quantitative estimate of drug-likeness (QED) is 0.846. The summed E-state index contributed by atoms with van der Waals surface area (Å²) >= 11 is 0. The Labute approximate surface area is 103 Å². The highest BCUT2D eigenvalue weighted by molar-refractivity contribution is 5.73. The van der Waals surface area contributed by atoms with E-state index in [0.29, 0.717) is 18.8 Å². The van der Waals surface area contributed by atoms with Crippen molar-refractivity contribution in [3.8, 4) is 0 Å². The lowest BCUT2D eigenvalue weighted by Crippen LogP contribution is -2.39. The number of rotatable bonds is 1. The van der Waals surface area contributed by atoms with Gasteiger partial charge >= 0.3 is 0 Å². The number of halogens is 2. The molecule has 4 nitrogen and oxygen atoms in total. The molecule has 1 fully saturated rings.